The summed E-state index contributed by atoms with van der Waals surface area (Å²) in [5, 5.41) is 0.448. The number of nitrogens with zero attached hydrogens (tertiary/aromatic N) is 3. The molecule has 0 atom stereocenters. The van der Waals surface area contributed by atoms with Gasteiger partial charge in [0.05, 0.1) is 40.7 Å². The van der Waals surface area contributed by atoms with Gasteiger partial charge in [-0.05, 0) is 48.9 Å². The zero-order valence-electron chi connectivity index (χ0n) is 18.1. The molecule has 10 heteroatoms. The van der Waals surface area contributed by atoms with Gasteiger partial charge in [0.1, 0.15) is 12.4 Å². The van der Waals surface area contributed by atoms with Gasteiger partial charge >= 0.3 is 5.97 Å². The van der Waals surface area contributed by atoms with Crippen LogP contribution in [0.25, 0.3) is 10.9 Å². The highest BCUT2D eigenvalue weighted by Crippen LogP contribution is 2.25. The van der Waals surface area contributed by atoms with Gasteiger partial charge in [-0.25, -0.2) is 18.2 Å². The largest absolute Gasteiger partial charge is 0.467 e. The van der Waals surface area contributed by atoms with Gasteiger partial charge in [0.2, 0.25) is 10.0 Å². The van der Waals surface area contributed by atoms with Gasteiger partial charge in [0.15, 0.2) is 5.82 Å². The average molecular weight is 480 g/mol. The lowest BCUT2D eigenvalue weighted by atomic mass is 10.2. The van der Waals surface area contributed by atoms with Crippen LogP contribution in [0.15, 0.2) is 76.1 Å². The van der Waals surface area contributed by atoms with Crippen LogP contribution >= 0.6 is 0 Å². The van der Waals surface area contributed by atoms with E-state index in [1.54, 1.807) is 54.6 Å². The Kier molecular flexibility index (Phi) is 5.66. The minimum absolute atomic E-state index is 0.0858. The van der Waals surface area contributed by atoms with E-state index in [1.165, 1.54) is 21.2 Å². The quantitative estimate of drug-likeness (QED) is 0.391. The zero-order chi connectivity index (χ0) is 23.7. The van der Waals surface area contributed by atoms with Crippen LogP contribution in [0.5, 0.6) is 0 Å². The zero-order valence-corrected chi connectivity index (χ0v) is 18.9. The summed E-state index contributed by atoms with van der Waals surface area (Å²) < 4.78 is 38.0. The van der Waals surface area contributed by atoms with Gasteiger partial charge in [-0.3, -0.25) is 13.7 Å². The molecule has 0 radical (unpaired) electrons. The molecule has 1 aliphatic rings. The predicted octanol–water partition coefficient (Wildman–Crippen LogP) is 2.93. The van der Waals surface area contributed by atoms with Crippen LogP contribution in [0.4, 0.5) is 5.69 Å². The van der Waals surface area contributed by atoms with E-state index in [0.29, 0.717) is 35.3 Å². The fourth-order valence-electron chi connectivity index (χ4n) is 3.98. The molecule has 0 aliphatic carbocycles. The molecule has 1 fully saturated rings. The van der Waals surface area contributed by atoms with Crippen LogP contribution in [-0.4, -0.2) is 36.2 Å². The average Bonchev–Trinajstić information content (AvgIpc) is 3.48. The second kappa shape index (κ2) is 8.79. The first-order chi connectivity index (χ1) is 16.4. The second-order valence-corrected chi connectivity index (χ2v) is 9.90. The van der Waals surface area contributed by atoms with Gasteiger partial charge in [0.25, 0.3) is 5.56 Å². The van der Waals surface area contributed by atoms with Crippen molar-refractivity contribution < 1.29 is 22.4 Å². The Balaban J connectivity index is 1.42. The maximum atomic E-state index is 13.1. The fraction of sp³-hybridized carbons (Fsp3) is 0.208. The molecule has 174 valence electrons. The third-order valence-electron chi connectivity index (χ3n) is 5.64. The molecule has 5 rings (SSSR count). The van der Waals surface area contributed by atoms with Crippen molar-refractivity contribution >= 4 is 32.6 Å². The highest BCUT2D eigenvalue weighted by molar-refractivity contribution is 7.93. The Morgan fingerprint density at radius 3 is 2.71 bits per heavy atom. The molecule has 0 N–H and O–H groups in total. The van der Waals surface area contributed by atoms with Crippen molar-refractivity contribution in [3.8, 4) is 0 Å². The van der Waals surface area contributed by atoms with E-state index in [1.807, 2.05) is 0 Å². The van der Waals surface area contributed by atoms with Crippen LogP contribution < -0.4 is 9.86 Å². The summed E-state index contributed by atoms with van der Waals surface area (Å²) in [5.41, 5.74) is 0.857. The number of hydrogen-bond acceptors (Lipinski definition) is 7. The van der Waals surface area contributed by atoms with Crippen molar-refractivity contribution in [2.24, 2.45) is 0 Å². The Morgan fingerprint density at radius 2 is 1.94 bits per heavy atom. The number of anilines is 1. The Morgan fingerprint density at radius 1 is 1.09 bits per heavy atom. The molecule has 34 heavy (non-hydrogen) atoms. The van der Waals surface area contributed by atoms with Crippen molar-refractivity contribution in [1.29, 1.82) is 0 Å². The summed E-state index contributed by atoms with van der Waals surface area (Å²) in [6, 6.07) is 16.7. The molecule has 0 spiro atoms. The number of rotatable bonds is 6. The molecule has 3 heterocycles. The van der Waals surface area contributed by atoms with E-state index in [4.69, 9.17) is 9.15 Å². The lowest BCUT2D eigenvalue weighted by Gasteiger charge is -2.17. The van der Waals surface area contributed by atoms with Gasteiger partial charge < -0.3 is 9.15 Å². The maximum Gasteiger partial charge on any atom is 0.338 e. The number of carbonyl (C=O) groups excluding carboxylic acids is 1. The summed E-state index contributed by atoms with van der Waals surface area (Å²) in [5.74, 6) is 0.270. The van der Waals surface area contributed by atoms with Crippen molar-refractivity contribution in [1.82, 2.24) is 9.55 Å². The van der Waals surface area contributed by atoms with Crippen molar-refractivity contribution in [2.45, 2.75) is 19.6 Å². The highest BCUT2D eigenvalue weighted by atomic mass is 32.2. The molecule has 1 aliphatic heterocycles. The Hall–Kier alpha value is -3.92. The molecule has 0 bridgehead atoms. The number of benzene rings is 2. The highest BCUT2D eigenvalue weighted by Gasteiger charge is 2.29. The molecule has 2 aromatic heterocycles. The number of esters is 1. The minimum atomic E-state index is -3.37. The Labute approximate surface area is 195 Å². The molecule has 4 aromatic rings. The first-order valence-corrected chi connectivity index (χ1v) is 12.3. The van der Waals surface area contributed by atoms with E-state index in [9.17, 15) is 18.0 Å². The summed E-state index contributed by atoms with van der Waals surface area (Å²) in [6.45, 7) is 0.269. The number of carbonyl (C=O) groups is 1. The molecule has 1 saturated heterocycles. The SMILES string of the molecule is O=C(OCc1nc2ccccc2c(=O)n1Cc1ccco1)c1cccc(N2CCCS2(=O)=O)c1. The summed E-state index contributed by atoms with van der Waals surface area (Å²) in [6.07, 6.45) is 2.06. The smallest absolute Gasteiger partial charge is 0.338 e. The van der Waals surface area contributed by atoms with Crippen molar-refractivity contribution in [3.05, 3.63) is 94.4 Å². The van der Waals surface area contributed by atoms with Crippen LogP contribution in [-0.2, 0) is 27.9 Å². The molecule has 9 nitrogen and oxygen atoms in total. The number of ether oxygens (including phenoxy) is 1. The molecule has 2 aromatic carbocycles. The van der Waals surface area contributed by atoms with E-state index in [2.05, 4.69) is 4.98 Å². The van der Waals surface area contributed by atoms with Crippen LogP contribution in [0.1, 0.15) is 28.4 Å². The van der Waals surface area contributed by atoms with Crippen LogP contribution in [0, 0.1) is 0 Å². The Bertz CT molecular complexity index is 1530. The molecule has 0 saturated carbocycles. The number of para-hydroxylation sites is 1. The third kappa shape index (κ3) is 4.19. The molecular formula is C24H21N3O6S. The number of fused-ring (bicyclic) bond motifs is 1. The molecule has 0 amide bonds. The van der Waals surface area contributed by atoms with E-state index in [0.717, 1.165) is 0 Å². The van der Waals surface area contributed by atoms with Gasteiger partial charge in [-0.2, -0.15) is 0 Å². The van der Waals surface area contributed by atoms with Crippen molar-refractivity contribution in [3.63, 3.8) is 0 Å². The topological polar surface area (TPSA) is 112 Å². The fourth-order valence-corrected chi connectivity index (χ4v) is 5.53. The third-order valence-corrected chi connectivity index (χ3v) is 7.51. The lowest BCUT2D eigenvalue weighted by molar-refractivity contribution is 0.0457. The number of furan rings is 1. The van der Waals surface area contributed by atoms with Gasteiger partial charge in [-0.1, -0.05) is 18.2 Å². The van der Waals surface area contributed by atoms with E-state index >= 15 is 0 Å². The summed E-state index contributed by atoms with van der Waals surface area (Å²) in [4.78, 5) is 30.5. The monoisotopic (exact) mass is 479 g/mol. The summed E-state index contributed by atoms with van der Waals surface area (Å²) >= 11 is 0. The van der Waals surface area contributed by atoms with Gasteiger partial charge in [0, 0.05) is 6.54 Å². The van der Waals surface area contributed by atoms with E-state index in [-0.39, 0.29) is 35.9 Å². The number of aromatic nitrogens is 2. The molecule has 0 unspecified atom stereocenters. The molecular weight excluding hydrogens is 458 g/mol. The maximum absolute atomic E-state index is 13.1. The summed E-state index contributed by atoms with van der Waals surface area (Å²) in [7, 11) is -3.37. The van der Waals surface area contributed by atoms with Crippen LogP contribution in [0.2, 0.25) is 0 Å². The van der Waals surface area contributed by atoms with Crippen LogP contribution in [0.3, 0.4) is 0 Å². The lowest BCUT2D eigenvalue weighted by Crippen LogP contribution is -2.27. The standard InChI is InChI=1S/C24H21N3O6S/c28-23-20-9-1-2-10-21(20)25-22(26(23)15-19-8-4-12-32-19)16-33-24(29)17-6-3-7-18(14-17)27-11-5-13-34(27,30)31/h1-4,6-10,12,14H,5,11,13,15-16H2. The predicted molar refractivity (Wildman–Crippen MR) is 125 cm³/mol. The van der Waals surface area contributed by atoms with E-state index < -0.39 is 16.0 Å². The minimum Gasteiger partial charge on any atom is -0.467 e. The normalized spacial score (nSPS) is 15.0. The first-order valence-electron chi connectivity index (χ1n) is 10.7. The number of hydrogen-bond donors (Lipinski definition) is 0. The number of sulfonamides is 1. The van der Waals surface area contributed by atoms with Crippen molar-refractivity contribution in [2.75, 3.05) is 16.6 Å². The van der Waals surface area contributed by atoms with Gasteiger partial charge in [-0.15, -0.1) is 0 Å². The second-order valence-electron chi connectivity index (χ2n) is 7.88. The first kappa shape index (κ1) is 21.9.